The molecule has 0 aliphatic heterocycles. The smallest absolute Gasteiger partial charge is 0.227 e. The van der Waals surface area contributed by atoms with Crippen molar-refractivity contribution in [1.29, 1.82) is 0 Å². The van der Waals surface area contributed by atoms with Gasteiger partial charge in [0.15, 0.2) is 0 Å². The molecule has 1 aromatic rings. The first-order chi connectivity index (χ1) is 9.20. The van der Waals surface area contributed by atoms with E-state index in [9.17, 15) is 4.79 Å². The summed E-state index contributed by atoms with van der Waals surface area (Å²) in [5.74, 6) is 0.275. The van der Waals surface area contributed by atoms with Crippen molar-refractivity contribution < 1.29 is 4.79 Å². The molecule has 0 aromatic heterocycles. The molecule has 104 valence electrons. The number of amides is 1. The van der Waals surface area contributed by atoms with Gasteiger partial charge < -0.3 is 4.90 Å². The SMILES string of the molecule is Cc1cccc(CC(=O)N(CCBr)C2CCCC2)c1. The second kappa shape index (κ2) is 7.09. The lowest BCUT2D eigenvalue weighted by atomic mass is 10.1. The van der Waals surface area contributed by atoms with Crippen molar-refractivity contribution in [2.24, 2.45) is 0 Å². The van der Waals surface area contributed by atoms with Gasteiger partial charge in [0.2, 0.25) is 5.91 Å². The van der Waals surface area contributed by atoms with Gasteiger partial charge in [-0.2, -0.15) is 0 Å². The van der Waals surface area contributed by atoms with Crippen LogP contribution < -0.4 is 0 Å². The Hall–Kier alpha value is -0.830. The molecule has 0 radical (unpaired) electrons. The maximum atomic E-state index is 12.5. The van der Waals surface area contributed by atoms with E-state index in [-0.39, 0.29) is 5.91 Å². The monoisotopic (exact) mass is 323 g/mol. The molecule has 0 saturated heterocycles. The molecule has 0 unspecified atom stereocenters. The lowest BCUT2D eigenvalue weighted by Crippen LogP contribution is -2.41. The first kappa shape index (κ1) is 14.6. The summed E-state index contributed by atoms with van der Waals surface area (Å²) in [5.41, 5.74) is 2.35. The Kier molecular flexibility index (Phi) is 5.44. The van der Waals surface area contributed by atoms with Crippen LogP contribution in [0.5, 0.6) is 0 Å². The molecule has 1 aliphatic carbocycles. The molecule has 2 rings (SSSR count). The lowest BCUT2D eigenvalue weighted by molar-refractivity contribution is -0.132. The first-order valence-electron chi connectivity index (χ1n) is 7.11. The highest BCUT2D eigenvalue weighted by Gasteiger charge is 2.25. The molecule has 0 atom stereocenters. The Morgan fingerprint density at radius 1 is 1.37 bits per heavy atom. The van der Waals surface area contributed by atoms with E-state index in [0.29, 0.717) is 12.5 Å². The summed E-state index contributed by atoms with van der Waals surface area (Å²) < 4.78 is 0. The van der Waals surface area contributed by atoms with Gasteiger partial charge >= 0.3 is 0 Å². The van der Waals surface area contributed by atoms with Crippen molar-refractivity contribution in [2.75, 3.05) is 11.9 Å². The van der Waals surface area contributed by atoms with Crippen LogP contribution in [0.25, 0.3) is 0 Å². The Balaban J connectivity index is 2.02. The molecule has 3 heteroatoms. The molecule has 1 amide bonds. The predicted molar refractivity (Wildman–Crippen MR) is 82.6 cm³/mol. The Bertz CT molecular complexity index is 427. The third-order valence-corrected chi connectivity index (χ3v) is 4.20. The number of benzene rings is 1. The van der Waals surface area contributed by atoms with Gasteiger partial charge in [0.25, 0.3) is 0 Å². The van der Waals surface area contributed by atoms with E-state index in [0.717, 1.165) is 17.4 Å². The fourth-order valence-corrected chi connectivity index (χ4v) is 3.30. The van der Waals surface area contributed by atoms with Crippen molar-refractivity contribution in [2.45, 2.75) is 45.1 Å². The van der Waals surface area contributed by atoms with Crippen molar-refractivity contribution in [3.05, 3.63) is 35.4 Å². The Morgan fingerprint density at radius 2 is 2.11 bits per heavy atom. The average molecular weight is 324 g/mol. The zero-order chi connectivity index (χ0) is 13.7. The number of nitrogens with zero attached hydrogens (tertiary/aromatic N) is 1. The van der Waals surface area contributed by atoms with Crippen molar-refractivity contribution >= 4 is 21.8 Å². The predicted octanol–water partition coefficient (Wildman–Crippen LogP) is 3.70. The summed E-state index contributed by atoms with van der Waals surface area (Å²) in [5, 5.41) is 0.864. The number of aryl methyl sites for hydroxylation is 1. The number of halogens is 1. The van der Waals surface area contributed by atoms with Crippen LogP contribution in [0.3, 0.4) is 0 Å². The minimum absolute atomic E-state index is 0.275. The van der Waals surface area contributed by atoms with Crippen LogP contribution in [0, 0.1) is 6.92 Å². The van der Waals surface area contributed by atoms with Gasteiger partial charge in [-0.1, -0.05) is 58.6 Å². The van der Waals surface area contributed by atoms with Crippen molar-refractivity contribution in [3.8, 4) is 0 Å². The van der Waals surface area contributed by atoms with E-state index in [2.05, 4.69) is 39.9 Å². The van der Waals surface area contributed by atoms with Gasteiger partial charge in [0, 0.05) is 17.9 Å². The van der Waals surface area contributed by atoms with Gasteiger partial charge in [-0.05, 0) is 25.3 Å². The molecular formula is C16H22BrNO. The molecule has 0 bridgehead atoms. The zero-order valence-corrected chi connectivity index (χ0v) is 13.2. The van der Waals surface area contributed by atoms with Crippen LogP contribution >= 0.6 is 15.9 Å². The fraction of sp³-hybridized carbons (Fsp3) is 0.562. The Morgan fingerprint density at radius 3 is 2.74 bits per heavy atom. The molecule has 0 N–H and O–H groups in total. The molecule has 0 spiro atoms. The largest absolute Gasteiger partial charge is 0.339 e. The summed E-state index contributed by atoms with van der Waals surface area (Å²) in [7, 11) is 0. The van der Waals surface area contributed by atoms with E-state index in [4.69, 9.17) is 0 Å². The molecular weight excluding hydrogens is 302 g/mol. The maximum Gasteiger partial charge on any atom is 0.227 e. The second-order valence-electron chi connectivity index (χ2n) is 5.38. The molecule has 1 aliphatic rings. The van der Waals surface area contributed by atoms with Gasteiger partial charge in [0.05, 0.1) is 6.42 Å². The van der Waals surface area contributed by atoms with Gasteiger partial charge in [-0.15, -0.1) is 0 Å². The van der Waals surface area contributed by atoms with Gasteiger partial charge in [-0.3, -0.25) is 4.79 Å². The normalized spacial score (nSPS) is 15.7. The summed E-state index contributed by atoms with van der Waals surface area (Å²) in [6.45, 7) is 2.90. The number of carbonyl (C=O) groups excluding carboxylic acids is 1. The summed E-state index contributed by atoms with van der Waals surface area (Å²) in [6.07, 6.45) is 5.41. The van der Waals surface area contributed by atoms with E-state index < -0.39 is 0 Å². The number of hydrogen-bond acceptors (Lipinski definition) is 1. The molecule has 1 saturated carbocycles. The average Bonchev–Trinajstić information content (AvgIpc) is 2.89. The minimum Gasteiger partial charge on any atom is -0.339 e. The van der Waals surface area contributed by atoms with Crippen LogP contribution in [0.15, 0.2) is 24.3 Å². The molecule has 2 nitrogen and oxygen atoms in total. The van der Waals surface area contributed by atoms with Crippen LogP contribution in [0.1, 0.15) is 36.8 Å². The van der Waals surface area contributed by atoms with E-state index in [1.165, 1.54) is 31.2 Å². The third-order valence-electron chi connectivity index (χ3n) is 3.85. The summed E-state index contributed by atoms with van der Waals surface area (Å²) in [4.78, 5) is 14.6. The highest BCUT2D eigenvalue weighted by Crippen LogP contribution is 2.24. The van der Waals surface area contributed by atoms with E-state index in [1.807, 2.05) is 12.1 Å². The standard InChI is InChI=1S/C16H22BrNO/c1-13-5-4-6-14(11-13)12-16(19)18(10-9-17)15-7-2-3-8-15/h4-6,11,15H,2-3,7-10,12H2,1H3. The van der Waals surface area contributed by atoms with Crippen molar-refractivity contribution in [1.82, 2.24) is 4.90 Å². The summed E-state index contributed by atoms with van der Waals surface area (Å²) >= 11 is 3.47. The zero-order valence-electron chi connectivity index (χ0n) is 11.6. The maximum absolute atomic E-state index is 12.5. The quantitative estimate of drug-likeness (QED) is 0.756. The highest BCUT2D eigenvalue weighted by atomic mass is 79.9. The van der Waals surface area contributed by atoms with E-state index in [1.54, 1.807) is 0 Å². The van der Waals surface area contributed by atoms with Gasteiger partial charge in [-0.25, -0.2) is 0 Å². The minimum atomic E-state index is 0.275. The lowest BCUT2D eigenvalue weighted by Gasteiger charge is -2.28. The van der Waals surface area contributed by atoms with Crippen LogP contribution in [-0.4, -0.2) is 28.7 Å². The number of rotatable bonds is 5. The molecule has 1 aromatic carbocycles. The second-order valence-corrected chi connectivity index (χ2v) is 6.17. The number of hydrogen-bond donors (Lipinski definition) is 0. The van der Waals surface area contributed by atoms with Crippen molar-refractivity contribution in [3.63, 3.8) is 0 Å². The third kappa shape index (κ3) is 4.07. The Labute approximate surface area is 124 Å². The number of alkyl halides is 1. The van der Waals surface area contributed by atoms with Crippen LogP contribution in [-0.2, 0) is 11.2 Å². The van der Waals surface area contributed by atoms with Crippen LogP contribution in [0.2, 0.25) is 0 Å². The molecule has 0 heterocycles. The van der Waals surface area contributed by atoms with E-state index >= 15 is 0 Å². The first-order valence-corrected chi connectivity index (χ1v) is 8.24. The highest BCUT2D eigenvalue weighted by molar-refractivity contribution is 9.09. The summed E-state index contributed by atoms with van der Waals surface area (Å²) in [6, 6.07) is 8.73. The van der Waals surface area contributed by atoms with Gasteiger partial charge in [0.1, 0.15) is 0 Å². The molecule has 19 heavy (non-hydrogen) atoms. The number of carbonyl (C=O) groups is 1. The van der Waals surface area contributed by atoms with Crippen LogP contribution in [0.4, 0.5) is 0 Å². The molecule has 1 fully saturated rings. The fourth-order valence-electron chi connectivity index (χ4n) is 2.92. The topological polar surface area (TPSA) is 20.3 Å².